The molecule has 1 amide bonds. The van der Waals surface area contributed by atoms with Crippen LogP contribution in [0.4, 0.5) is 5.69 Å². The minimum Gasteiger partial charge on any atom is -0.399 e. The number of benzene rings is 1. The summed E-state index contributed by atoms with van der Waals surface area (Å²) in [6, 6.07) is 5.46. The van der Waals surface area contributed by atoms with Crippen molar-refractivity contribution in [3.05, 3.63) is 23.2 Å². The van der Waals surface area contributed by atoms with Crippen LogP contribution in [0.25, 0.3) is 0 Å². The van der Waals surface area contributed by atoms with Crippen LogP contribution in [-0.4, -0.2) is 24.2 Å². The highest BCUT2D eigenvalue weighted by atomic mass is 35.5. The molecule has 1 aromatic rings. The molecule has 1 aliphatic rings. The number of hydrogen-bond acceptors (Lipinski definition) is 3. The second-order valence-corrected chi connectivity index (χ2v) is 7.39. The molecule has 1 fully saturated rings. The van der Waals surface area contributed by atoms with Gasteiger partial charge in [-0.25, -0.2) is 0 Å². The molecule has 23 heavy (non-hydrogen) atoms. The van der Waals surface area contributed by atoms with Crippen LogP contribution >= 0.6 is 11.6 Å². The zero-order valence-corrected chi connectivity index (χ0v) is 15.3. The standard InChI is InChI=1S/C17H25BClNO3/c1-6-7-8-15(21)20-14-11-12(9-10-13(14)19)18-22-16(2,3)17(4,5)23-18/h9-11H,6-8H2,1-5H3,(H,20,21). The number of nitrogens with one attached hydrogen (secondary N) is 1. The molecule has 0 aromatic heterocycles. The molecule has 0 bridgehead atoms. The van der Waals surface area contributed by atoms with E-state index >= 15 is 0 Å². The van der Waals surface area contributed by atoms with Gasteiger partial charge in [0.1, 0.15) is 0 Å². The average Bonchev–Trinajstić information content (AvgIpc) is 2.67. The van der Waals surface area contributed by atoms with Crippen LogP contribution in [0.5, 0.6) is 0 Å². The van der Waals surface area contributed by atoms with Gasteiger partial charge < -0.3 is 14.6 Å². The van der Waals surface area contributed by atoms with Gasteiger partial charge in [-0.2, -0.15) is 0 Å². The third-order valence-electron chi connectivity index (χ3n) is 4.55. The van der Waals surface area contributed by atoms with Gasteiger partial charge in [-0.1, -0.05) is 31.0 Å². The van der Waals surface area contributed by atoms with Gasteiger partial charge in [0, 0.05) is 6.42 Å². The fourth-order valence-corrected chi connectivity index (χ4v) is 2.48. The van der Waals surface area contributed by atoms with E-state index in [0.717, 1.165) is 18.3 Å². The lowest BCUT2D eigenvalue weighted by Gasteiger charge is -2.32. The fraction of sp³-hybridized carbons (Fsp3) is 0.588. The Morgan fingerprint density at radius 1 is 1.22 bits per heavy atom. The van der Waals surface area contributed by atoms with E-state index in [-0.39, 0.29) is 5.91 Å². The van der Waals surface area contributed by atoms with E-state index in [1.165, 1.54) is 0 Å². The molecule has 1 N–H and O–H groups in total. The summed E-state index contributed by atoms with van der Waals surface area (Å²) in [6.07, 6.45) is 2.34. The first-order chi connectivity index (χ1) is 10.7. The molecule has 1 aromatic carbocycles. The zero-order valence-electron chi connectivity index (χ0n) is 14.5. The summed E-state index contributed by atoms with van der Waals surface area (Å²) in [5.41, 5.74) is 0.641. The van der Waals surface area contributed by atoms with Crippen molar-refractivity contribution in [2.24, 2.45) is 0 Å². The maximum Gasteiger partial charge on any atom is 0.494 e. The van der Waals surface area contributed by atoms with E-state index in [2.05, 4.69) is 12.2 Å². The number of carbonyl (C=O) groups excluding carboxylic acids is 1. The smallest absolute Gasteiger partial charge is 0.399 e. The first-order valence-corrected chi connectivity index (χ1v) is 8.49. The molecule has 0 unspecified atom stereocenters. The fourth-order valence-electron chi connectivity index (χ4n) is 2.31. The molecule has 1 saturated heterocycles. The second kappa shape index (κ2) is 6.84. The molecule has 0 atom stereocenters. The van der Waals surface area contributed by atoms with Crippen molar-refractivity contribution in [3.63, 3.8) is 0 Å². The van der Waals surface area contributed by atoms with Gasteiger partial charge in [0.05, 0.1) is 21.9 Å². The Bertz CT molecular complexity index is 573. The largest absolute Gasteiger partial charge is 0.494 e. The van der Waals surface area contributed by atoms with Crippen molar-refractivity contribution in [2.75, 3.05) is 5.32 Å². The van der Waals surface area contributed by atoms with E-state index in [1.54, 1.807) is 6.07 Å². The topological polar surface area (TPSA) is 47.6 Å². The average molecular weight is 338 g/mol. The SMILES string of the molecule is CCCCC(=O)Nc1cc(B2OC(C)(C)C(C)(C)O2)ccc1Cl. The number of hydrogen-bond donors (Lipinski definition) is 1. The molecule has 0 radical (unpaired) electrons. The minimum absolute atomic E-state index is 0.0279. The van der Waals surface area contributed by atoms with Crippen LogP contribution in [0.2, 0.25) is 5.02 Å². The highest BCUT2D eigenvalue weighted by molar-refractivity contribution is 6.62. The van der Waals surface area contributed by atoms with E-state index < -0.39 is 18.3 Å². The van der Waals surface area contributed by atoms with Gasteiger partial charge >= 0.3 is 7.12 Å². The molecule has 1 heterocycles. The maximum absolute atomic E-state index is 11.9. The predicted octanol–water partition coefficient (Wildman–Crippen LogP) is 3.77. The highest BCUT2D eigenvalue weighted by Gasteiger charge is 2.51. The molecular formula is C17H25BClNO3. The quantitative estimate of drug-likeness (QED) is 0.832. The summed E-state index contributed by atoms with van der Waals surface area (Å²) in [5.74, 6) is -0.0279. The van der Waals surface area contributed by atoms with Gasteiger partial charge in [0.15, 0.2) is 0 Å². The molecule has 0 aliphatic carbocycles. The van der Waals surface area contributed by atoms with E-state index in [1.807, 2.05) is 39.8 Å². The Morgan fingerprint density at radius 2 is 1.83 bits per heavy atom. The van der Waals surface area contributed by atoms with Crippen molar-refractivity contribution in [1.29, 1.82) is 0 Å². The Hall–Kier alpha value is -1.04. The number of carbonyl (C=O) groups is 1. The van der Waals surface area contributed by atoms with Crippen molar-refractivity contribution in [2.45, 2.75) is 65.1 Å². The Morgan fingerprint density at radius 3 is 2.39 bits per heavy atom. The second-order valence-electron chi connectivity index (χ2n) is 6.98. The van der Waals surface area contributed by atoms with Crippen molar-refractivity contribution in [1.82, 2.24) is 0 Å². The van der Waals surface area contributed by atoms with Gasteiger partial charge in [-0.3, -0.25) is 4.79 Å². The van der Waals surface area contributed by atoms with Gasteiger partial charge in [0.25, 0.3) is 0 Å². The first kappa shape index (κ1) is 18.3. The molecule has 0 saturated carbocycles. The van der Waals surface area contributed by atoms with Gasteiger partial charge in [-0.05, 0) is 51.7 Å². The predicted molar refractivity (Wildman–Crippen MR) is 95.3 cm³/mol. The third kappa shape index (κ3) is 4.08. The Labute approximate surface area is 144 Å². The molecule has 1 aliphatic heterocycles. The molecule has 6 heteroatoms. The summed E-state index contributed by atoms with van der Waals surface area (Å²) in [4.78, 5) is 11.9. The number of anilines is 1. The summed E-state index contributed by atoms with van der Waals surface area (Å²) in [7, 11) is -0.469. The monoisotopic (exact) mass is 337 g/mol. The normalized spacial score (nSPS) is 19.0. The van der Waals surface area contributed by atoms with E-state index in [4.69, 9.17) is 20.9 Å². The minimum atomic E-state index is -0.469. The van der Waals surface area contributed by atoms with Crippen LogP contribution in [0, 0.1) is 0 Å². The number of rotatable bonds is 5. The number of halogens is 1. The number of unbranched alkanes of at least 4 members (excludes halogenated alkanes) is 1. The lowest BCUT2D eigenvalue weighted by molar-refractivity contribution is -0.116. The van der Waals surface area contributed by atoms with Crippen LogP contribution in [0.15, 0.2) is 18.2 Å². The summed E-state index contributed by atoms with van der Waals surface area (Å²) in [5, 5.41) is 3.38. The Kier molecular flexibility index (Phi) is 5.44. The lowest BCUT2D eigenvalue weighted by atomic mass is 9.79. The van der Waals surface area contributed by atoms with Crippen LogP contribution in [0.1, 0.15) is 53.9 Å². The third-order valence-corrected chi connectivity index (χ3v) is 4.88. The van der Waals surface area contributed by atoms with Gasteiger partial charge in [0.2, 0.25) is 5.91 Å². The van der Waals surface area contributed by atoms with Crippen molar-refractivity contribution in [3.8, 4) is 0 Å². The molecular weight excluding hydrogens is 312 g/mol. The molecule has 0 spiro atoms. The molecule has 2 rings (SSSR count). The van der Waals surface area contributed by atoms with E-state index in [9.17, 15) is 4.79 Å². The summed E-state index contributed by atoms with van der Waals surface area (Å²) >= 11 is 6.20. The van der Waals surface area contributed by atoms with Crippen molar-refractivity contribution < 1.29 is 14.1 Å². The van der Waals surface area contributed by atoms with Crippen LogP contribution in [-0.2, 0) is 14.1 Å². The summed E-state index contributed by atoms with van der Waals surface area (Å²) in [6.45, 7) is 10.1. The zero-order chi connectivity index (χ0) is 17.3. The Balaban J connectivity index is 2.16. The number of amides is 1. The van der Waals surface area contributed by atoms with Crippen molar-refractivity contribution >= 4 is 35.8 Å². The van der Waals surface area contributed by atoms with E-state index in [0.29, 0.717) is 17.1 Å². The maximum atomic E-state index is 11.9. The van der Waals surface area contributed by atoms with Crippen LogP contribution < -0.4 is 10.8 Å². The molecule has 4 nitrogen and oxygen atoms in total. The van der Waals surface area contributed by atoms with Crippen LogP contribution in [0.3, 0.4) is 0 Å². The summed E-state index contributed by atoms with van der Waals surface area (Å²) < 4.78 is 12.1. The lowest BCUT2D eigenvalue weighted by Crippen LogP contribution is -2.41. The first-order valence-electron chi connectivity index (χ1n) is 8.11. The highest BCUT2D eigenvalue weighted by Crippen LogP contribution is 2.36. The molecule has 126 valence electrons. The van der Waals surface area contributed by atoms with Gasteiger partial charge in [-0.15, -0.1) is 0 Å².